The van der Waals surface area contributed by atoms with Crippen molar-refractivity contribution in [1.29, 1.82) is 0 Å². The summed E-state index contributed by atoms with van der Waals surface area (Å²) in [5.74, 6) is 1.42. The maximum atomic E-state index is 11.8. The molecule has 3 rings (SSSR count). The Balaban J connectivity index is 1.36. The minimum atomic E-state index is 0.0753. The Morgan fingerprint density at radius 2 is 2.21 bits per heavy atom. The minimum absolute atomic E-state index is 0.0753. The number of amides is 1. The number of ether oxygens (including phenoxy) is 2. The van der Waals surface area contributed by atoms with E-state index in [0.29, 0.717) is 31.1 Å². The largest absolute Gasteiger partial charge is 0.493 e. The Morgan fingerprint density at radius 1 is 1.37 bits per heavy atom. The zero-order valence-electron chi connectivity index (χ0n) is 10.9. The Kier molecular flexibility index (Phi) is 3.69. The third-order valence-corrected chi connectivity index (χ3v) is 3.95. The van der Waals surface area contributed by atoms with Gasteiger partial charge in [0.25, 0.3) is 0 Å². The number of nitrogens with one attached hydrogen (secondary N) is 1. The van der Waals surface area contributed by atoms with Gasteiger partial charge in [0.1, 0.15) is 5.75 Å². The second kappa shape index (κ2) is 5.61. The van der Waals surface area contributed by atoms with Crippen molar-refractivity contribution in [2.75, 3.05) is 13.2 Å². The molecule has 1 saturated heterocycles. The number of benzene rings is 1. The molecule has 3 atom stereocenters. The molecule has 2 fully saturated rings. The van der Waals surface area contributed by atoms with Crippen LogP contribution in [0.25, 0.3) is 0 Å². The molecule has 2 aliphatic rings. The summed E-state index contributed by atoms with van der Waals surface area (Å²) in [5.41, 5.74) is 0. The van der Waals surface area contributed by atoms with Crippen LogP contribution in [0, 0.1) is 5.92 Å². The molecule has 1 aliphatic heterocycles. The van der Waals surface area contributed by atoms with E-state index in [4.69, 9.17) is 9.47 Å². The van der Waals surface area contributed by atoms with Gasteiger partial charge >= 0.3 is 0 Å². The fourth-order valence-corrected chi connectivity index (χ4v) is 2.82. The van der Waals surface area contributed by atoms with Gasteiger partial charge in [0.2, 0.25) is 5.91 Å². The molecule has 1 amide bonds. The highest BCUT2D eigenvalue weighted by Crippen LogP contribution is 2.38. The van der Waals surface area contributed by atoms with Crippen LogP contribution in [0.1, 0.15) is 19.3 Å². The van der Waals surface area contributed by atoms with E-state index in [0.717, 1.165) is 25.2 Å². The van der Waals surface area contributed by atoms with Crippen LogP contribution < -0.4 is 10.1 Å². The van der Waals surface area contributed by atoms with Crippen LogP contribution in [0.3, 0.4) is 0 Å². The van der Waals surface area contributed by atoms with Gasteiger partial charge in [0.15, 0.2) is 0 Å². The van der Waals surface area contributed by atoms with Gasteiger partial charge in [0, 0.05) is 18.6 Å². The van der Waals surface area contributed by atoms with Crippen LogP contribution in [0.15, 0.2) is 30.3 Å². The van der Waals surface area contributed by atoms with Crippen LogP contribution in [0.4, 0.5) is 0 Å². The lowest BCUT2D eigenvalue weighted by Gasteiger charge is -2.39. The van der Waals surface area contributed by atoms with Crippen LogP contribution in [0.5, 0.6) is 5.75 Å². The van der Waals surface area contributed by atoms with E-state index < -0.39 is 0 Å². The molecule has 102 valence electrons. The monoisotopic (exact) mass is 261 g/mol. The zero-order chi connectivity index (χ0) is 13.1. The van der Waals surface area contributed by atoms with Crippen molar-refractivity contribution in [3.63, 3.8) is 0 Å². The van der Waals surface area contributed by atoms with E-state index >= 15 is 0 Å². The van der Waals surface area contributed by atoms with Gasteiger partial charge < -0.3 is 14.8 Å². The van der Waals surface area contributed by atoms with E-state index in [1.807, 2.05) is 30.3 Å². The van der Waals surface area contributed by atoms with Gasteiger partial charge in [-0.1, -0.05) is 18.2 Å². The number of rotatable bonds is 5. The first-order valence-corrected chi connectivity index (χ1v) is 6.92. The molecule has 1 N–H and O–H groups in total. The summed E-state index contributed by atoms with van der Waals surface area (Å²) in [5, 5.41) is 3.08. The highest BCUT2D eigenvalue weighted by atomic mass is 16.5. The predicted molar refractivity (Wildman–Crippen MR) is 70.9 cm³/mol. The molecule has 0 spiro atoms. The molecule has 1 saturated carbocycles. The first kappa shape index (κ1) is 12.5. The second-order valence-electron chi connectivity index (χ2n) is 5.18. The van der Waals surface area contributed by atoms with E-state index in [9.17, 15) is 4.79 Å². The van der Waals surface area contributed by atoms with Crippen molar-refractivity contribution in [3.8, 4) is 5.75 Å². The van der Waals surface area contributed by atoms with Gasteiger partial charge in [0.05, 0.1) is 19.1 Å². The maximum Gasteiger partial charge on any atom is 0.223 e. The van der Waals surface area contributed by atoms with E-state index in [1.165, 1.54) is 0 Å². The van der Waals surface area contributed by atoms with Gasteiger partial charge in [-0.05, 0) is 25.0 Å². The van der Waals surface area contributed by atoms with Crippen LogP contribution >= 0.6 is 0 Å². The van der Waals surface area contributed by atoms with E-state index in [2.05, 4.69) is 5.32 Å². The Hall–Kier alpha value is -1.55. The summed E-state index contributed by atoms with van der Waals surface area (Å²) in [4.78, 5) is 11.8. The third-order valence-electron chi connectivity index (χ3n) is 3.95. The lowest BCUT2D eigenvalue weighted by atomic mass is 9.76. The molecule has 1 aliphatic carbocycles. The molecule has 19 heavy (non-hydrogen) atoms. The summed E-state index contributed by atoms with van der Waals surface area (Å²) in [6.45, 7) is 1.27. The molecular formula is C15H19NO3. The van der Waals surface area contributed by atoms with E-state index in [1.54, 1.807) is 0 Å². The molecule has 0 aromatic heterocycles. The lowest BCUT2D eigenvalue weighted by molar-refractivity contribution is -0.124. The van der Waals surface area contributed by atoms with Crippen molar-refractivity contribution in [2.24, 2.45) is 5.92 Å². The number of hydrogen-bond acceptors (Lipinski definition) is 3. The fourth-order valence-electron chi connectivity index (χ4n) is 2.82. The molecule has 1 aromatic carbocycles. The molecular weight excluding hydrogens is 242 g/mol. The van der Waals surface area contributed by atoms with Gasteiger partial charge in [-0.25, -0.2) is 0 Å². The number of carbonyl (C=O) groups excluding carboxylic acids is 1. The summed E-state index contributed by atoms with van der Waals surface area (Å²) in [6.07, 6.45) is 2.85. The average Bonchev–Trinajstić information content (AvgIpc) is 2.79. The normalized spacial score (nSPS) is 28.3. The first-order valence-electron chi connectivity index (χ1n) is 6.92. The predicted octanol–water partition coefficient (Wildman–Crippen LogP) is 1.75. The average molecular weight is 261 g/mol. The number of para-hydroxylation sites is 1. The van der Waals surface area contributed by atoms with Crippen molar-refractivity contribution in [1.82, 2.24) is 5.32 Å². The topological polar surface area (TPSA) is 47.6 Å². The third kappa shape index (κ3) is 2.89. The van der Waals surface area contributed by atoms with Crippen molar-refractivity contribution >= 4 is 5.91 Å². The molecule has 1 heterocycles. The first-order chi connectivity index (χ1) is 9.33. The number of fused-ring (bicyclic) bond motifs is 1. The molecule has 4 nitrogen and oxygen atoms in total. The number of hydrogen-bond donors (Lipinski definition) is 1. The summed E-state index contributed by atoms with van der Waals surface area (Å²) in [7, 11) is 0. The highest BCUT2D eigenvalue weighted by Gasteiger charge is 2.45. The Labute approximate surface area is 113 Å². The fraction of sp³-hybridized carbons (Fsp3) is 0.533. The lowest BCUT2D eigenvalue weighted by Crippen LogP contribution is -2.53. The highest BCUT2D eigenvalue weighted by molar-refractivity contribution is 5.76. The van der Waals surface area contributed by atoms with Crippen LogP contribution in [-0.4, -0.2) is 31.3 Å². The van der Waals surface area contributed by atoms with Gasteiger partial charge in [-0.15, -0.1) is 0 Å². The minimum Gasteiger partial charge on any atom is -0.493 e. The van der Waals surface area contributed by atoms with E-state index in [-0.39, 0.29) is 5.91 Å². The molecule has 1 aromatic rings. The molecule has 0 bridgehead atoms. The summed E-state index contributed by atoms with van der Waals surface area (Å²) < 4.78 is 11.0. The number of carbonyl (C=O) groups is 1. The summed E-state index contributed by atoms with van der Waals surface area (Å²) >= 11 is 0. The van der Waals surface area contributed by atoms with Crippen LogP contribution in [-0.2, 0) is 9.53 Å². The van der Waals surface area contributed by atoms with Gasteiger partial charge in [-0.3, -0.25) is 4.79 Å². The van der Waals surface area contributed by atoms with Crippen molar-refractivity contribution < 1.29 is 14.3 Å². The molecule has 0 unspecified atom stereocenters. The molecule has 4 heteroatoms. The van der Waals surface area contributed by atoms with Crippen molar-refractivity contribution in [2.45, 2.75) is 31.4 Å². The van der Waals surface area contributed by atoms with Gasteiger partial charge in [-0.2, -0.15) is 0 Å². The zero-order valence-corrected chi connectivity index (χ0v) is 10.9. The second-order valence-corrected chi connectivity index (χ2v) is 5.18. The standard InChI is InChI=1S/C15H19NO3/c17-15(7-9-18-11-4-2-1-3-5-11)16-13-10-14-12(13)6-8-19-14/h1-5,12-14H,6-10H2,(H,16,17)/t12-,13+,14+/m0/s1. The Bertz CT molecular complexity index is 434. The SMILES string of the molecule is O=C(CCOc1ccccc1)N[C@@H]1C[C@H]2OCC[C@@H]12. The smallest absolute Gasteiger partial charge is 0.223 e. The Morgan fingerprint density at radius 3 is 3.00 bits per heavy atom. The van der Waals surface area contributed by atoms with Crippen molar-refractivity contribution in [3.05, 3.63) is 30.3 Å². The maximum absolute atomic E-state index is 11.8. The van der Waals surface area contributed by atoms with Crippen LogP contribution in [0.2, 0.25) is 0 Å². The quantitative estimate of drug-likeness (QED) is 0.878. The summed E-state index contributed by atoms with van der Waals surface area (Å²) in [6, 6.07) is 9.88. The molecule has 0 radical (unpaired) electrons.